The lowest BCUT2D eigenvalue weighted by molar-refractivity contribution is 0.0997. The Labute approximate surface area is 96.5 Å². The van der Waals surface area contributed by atoms with Crippen LogP contribution in [0.1, 0.15) is 10.4 Å². The van der Waals surface area contributed by atoms with Crippen molar-refractivity contribution in [3.8, 4) is 11.5 Å². The number of hydrogen-bond acceptors (Lipinski definition) is 3. The predicted molar refractivity (Wildman–Crippen MR) is 60.8 cm³/mol. The van der Waals surface area contributed by atoms with Crippen molar-refractivity contribution in [2.24, 2.45) is 5.73 Å². The molecular formula is C10H12BrNO3. The van der Waals surface area contributed by atoms with Crippen molar-refractivity contribution < 1.29 is 14.3 Å². The minimum Gasteiger partial charge on any atom is -0.496 e. The van der Waals surface area contributed by atoms with Crippen molar-refractivity contribution in [1.82, 2.24) is 0 Å². The van der Waals surface area contributed by atoms with E-state index >= 15 is 0 Å². The van der Waals surface area contributed by atoms with Crippen LogP contribution in [-0.4, -0.2) is 25.0 Å². The normalized spacial score (nSPS) is 9.73. The molecule has 0 aromatic heterocycles. The Morgan fingerprint density at radius 3 is 2.80 bits per heavy atom. The highest BCUT2D eigenvalue weighted by molar-refractivity contribution is 9.09. The lowest BCUT2D eigenvalue weighted by Gasteiger charge is -2.08. The fourth-order valence-electron chi connectivity index (χ4n) is 1.12. The number of benzene rings is 1. The van der Waals surface area contributed by atoms with E-state index in [1.165, 1.54) is 7.11 Å². The molecule has 1 rings (SSSR count). The SMILES string of the molecule is COc1cc(OCCBr)ccc1C(N)=O. The van der Waals surface area contributed by atoms with Crippen LogP contribution in [0.2, 0.25) is 0 Å². The van der Waals surface area contributed by atoms with Gasteiger partial charge in [-0.15, -0.1) is 0 Å². The third-order valence-corrected chi connectivity index (χ3v) is 2.11. The Morgan fingerprint density at radius 2 is 2.27 bits per heavy atom. The summed E-state index contributed by atoms with van der Waals surface area (Å²) in [4.78, 5) is 11.0. The molecule has 0 spiro atoms. The molecule has 0 heterocycles. The average molecular weight is 274 g/mol. The van der Waals surface area contributed by atoms with Gasteiger partial charge in [0.15, 0.2) is 0 Å². The highest BCUT2D eigenvalue weighted by Gasteiger charge is 2.09. The van der Waals surface area contributed by atoms with Gasteiger partial charge in [-0.1, -0.05) is 15.9 Å². The van der Waals surface area contributed by atoms with E-state index in [0.29, 0.717) is 23.7 Å². The monoisotopic (exact) mass is 273 g/mol. The van der Waals surface area contributed by atoms with E-state index in [-0.39, 0.29) is 0 Å². The molecule has 0 saturated heterocycles. The number of amides is 1. The Bertz CT molecular complexity index is 355. The molecule has 15 heavy (non-hydrogen) atoms. The van der Waals surface area contributed by atoms with Gasteiger partial charge in [0.2, 0.25) is 0 Å². The summed E-state index contributed by atoms with van der Waals surface area (Å²) in [5.74, 6) is 0.560. The first-order valence-corrected chi connectivity index (χ1v) is 5.47. The number of ether oxygens (including phenoxy) is 2. The summed E-state index contributed by atoms with van der Waals surface area (Å²) in [6.07, 6.45) is 0. The number of alkyl halides is 1. The van der Waals surface area contributed by atoms with Crippen molar-refractivity contribution in [2.75, 3.05) is 19.0 Å². The van der Waals surface area contributed by atoms with Crippen molar-refractivity contribution in [3.63, 3.8) is 0 Å². The summed E-state index contributed by atoms with van der Waals surface area (Å²) < 4.78 is 10.4. The van der Waals surface area contributed by atoms with E-state index in [1.54, 1.807) is 18.2 Å². The van der Waals surface area contributed by atoms with E-state index in [1.807, 2.05) is 0 Å². The summed E-state index contributed by atoms with van der Waals surface area (Å²) in [5.41, 5.74) is 5.52. The molecule has 0 aliphatic rings. The molecule has 1 aromatic rings. The number of methoxy groups -OCH3 is 1. The van der Waals surface area contributed by atoms with Crippen molar-refractivity contribution in [1.29, 1.82) is 0 Å². The van der Waals surface area contributed by atoms with Gasteiger partial charge in [-0.3, -0.25) is 4.79 Å². The Hall–Kier alpha value is -1.23. The number of halogens is 1. The lowest BCUT2D eigenvalue weighted by atomic mass is 10.2. The Kier molecular flexibility index (Phi) is 4.42. The van der Waals surface area contributed by atoms with Gasteiger partial charge in [-0.2, -0.15) is 0 Å². The summed E-state index contributed by atoms with van der Waals surface area (Å²) in [5, 5.41) is 0.743. The minimum absolute atomic E-state index is 0.351. The molecule has 82 valence electrons. The van der Waals surface area contributed by atoms with Gasteiger partial charge in [0, 0.05) is 11.4 Å². The zero-order valence-corrected chi connectivity index (χ0v) is 9.91. The van der Waals surface area contributed by atoms with E-state index in [0.717, 1.165) is 5.33 Å². The summed E-state index contributed by atoms with van der Waals surface area (Å²) in [6, 6.07) is 4.92. The van der Waals surface area contributed by atoms with Crippen molar-refractivity contribution in [2.45, 2.75) is 0 Å². The smallest absolute Gasteiger partial charge is 0.252 e. The van der Waals surface area contributed by atoms with Crippen LogP contribution in [0.25, 0.3) is 0 Å². The molecule has 0 unspecified atom stereocenters. The van der Waals surface area contributed by atoms with Gasteiger partial charge >= 0.3 is 0 Å². The second-order valence-electron chi connectivity index (χ2n) is 2.76. The molecule has 0 radical (unpaired) electrons. The van der Waals surface area contributed by atoms with Crippen LogP contribution in [-0.2, 0) is 0 Å². The van der Waals surface area contributed by atoms with Crippen LogP contribution in [0.3, 0.4) is 0 Å². The quantitative estimate of drug-likeness (QED) is 0.829. The number of hydrogen-bond donors (Lipinski definition) is 1. The number of nitrogens with two attached hydrogens (primary N) is 1. The third-order valence-electron chi connectivity index (χ3n) is 1.78. The number of carbonyl (C=O) groups excluding carboxylic acids is 1. The van der Waals surface area contributed by atoms with Gasteiger partial charge in [-0.25, -0.2) is 0 Å². The van der Waals surface area contributed by atoms with Crippen LogP contribution in [0.4, 0.5) is 0 Å². The topological polar surface area (TPSA) is 61.6 Å². The second-order valence-corrected chi connectivity index (χ2v) is 3.56. The van der Waals surface area contributed by atoms with E-state index in [2.05, 4.69) is 15.9 Å². The Morgan fingerprint density at radius 1 is 1.53 bits per heavy atom. The van der Waals surface area contributed by atoms with Crippen LogP contribution >= 0.6 is 15.9 Å². The zero-order chi connectivity index (χ0) is 11.3. The maximum absolute atomic E-state index is 11.0. The van der Waals surface area contributed by atoms with Gasteiger partial charge in [-0.05, 0) is 12.1 Å². The largest absolute Gasteiger partial charge is 0.496 e. The number of primary amides is 1. The number of carbonyl (C=O) groups is 1. The fourth-order valence-corrected chi connectivity index (χ4v) is 1.28. The molecule has 1 aromatic carbocycles. The lowest BCUT2D eigenvalue weighted by Crippen LogP contribution is -2.12. The molecule has 0 saturated carbocycles. The maximum Gasteiger partial charge on any atom is 0.252 e. The zero-order valence-electron chi connectivity index (χ0n) is 8.33. The summed E-state index contributed by atoms with van der Waals surface area (Å²) >= 11 is 3.25. The van der Waals surface area contributed by atoms with Crippen molar-refractivity contribution >= 4 is 21.8 Å². The highest BCUT2D eigenvalue weighted by Crippen LogP contribution is 2.24. The highest BCUT2D eigenvalue weighted by atomic mass is 79.9. The molecule has 4 nitrogen and oxygen atoms in total. The van der Waals surface area contributed by atoms with Crippen molar-refractivity contribution in [3.05, 3.63) is 23.8 Å². The standard InChI is InChI=1S/C10H12BrNO3/c1-14-9-6-7(15-5-4-11)2-3-8(9)10(12)13/h2-3,6H,4-5H2,1H3,(H2,12,13). The van der Waals surface area contributed by atoms with E-state index < -0.39 is 5.91 Å². The molecular weight excluding hydrogens is 262 g/mol. The molecule has 0 aliphatic heterocycles. The molecule has 0 aliphatic carbocycles. The van der Waals surface area contributed by atoms with Gasteiger partial charge < -0.3 is 15.2 Å². The van der Waals surface area contributed by atoms with E-state index in [4.69, 9.17) is 15.2 Å². The molecule has 5 heteroatoms. The molecule has 1 amide bonds. The Balaban J connectivity index is 2.92. The summed E-state index contributed by atoms with van der Waals surface area (Å²) in [7, 11) is 1.48. The molecule has 0 bridgehead atoms. The first kappa shape index (κ1) is 11.8. The van der Waals surface area contributed by atoms with E-state index in [9.17, 15) is 4.79 Å². The summed E-state index contributed by atoms with van der Waals surface area (Å²) in [6.45, 7) is 0.555. The van der Waals surface area contributed by atoms with Crippen LogP contribution in [0.15, 0.2) is 18.2 Å². The molecule has 0 atom stereocenters. The average Bonchev–Trinajstić information content (AvgIpc) is 2.25. The molecule has 0 fully saturated rings. The van der Waals surface area contributed by atoms with Crippen LogP contribution < -0.4 is 15.2 Å². The predicted octanol–water partition coefficient (Wildman–Crippen LogP) is 1.57. The fraction of sp³-hybridized carbons (Fsp3) is 0.300. The first-order chi connectivity index (χ1) is 7.19. The first-order valence-electron chi connectivity index (χ1n) is 4.35. The van der Waals surface area contributed by atoms with Crippen LogP contribution in [0.5, 0.6) is 11.5 Å². The third kappa shape index (κ3) is 3.13. The van der Waals surface area contributed by atoms with Gasteiger partial charge in [0.1, 0.15) is 11.5 Å². The number of rotatable bonds is 5. The minimum atomic E-state index is -0.515. The van der Waals surface area contributed by atoms with Gasteiger partial charge in [0.05, 0.1) is 19.3 Å². The molecule has 2 N–H and O–H groups in total. The van der Waals surface area contributed by atoms with Crippen LogP contribution in [0, 0.1) is 0 Å². The maximum atomic E-state index is 11.0. The second kappa shape index (κ2) is 5.60. The van der Waals surface area contributed by atoms with Gasteiger partial charge in [0.25, 0.3) is 5.91 Å².